The molecule has 0 amide bonds. The van der Waals surface area contributed by atoms with E-state index >= 15 is 0 Å². The van der Waals surface area contributed by atoms with Gasteiger partial charge in [0.1, 0.15) is 5.75 Å². The molecule has 1 saturated heterocycles. The van der Waals surface area contributed by atoms with Gasteiger partial charge in [0, 0.05) is 37.9 Å². The lowest BCUT2D eigenvalue weighted by atomic mass is 10.2. The molecule has 0 bridgehead atoms. The Morgan fingerprint density at radius 1 is 1.14 bits per heavy atom. The van der Waals surface area contributed by atoms with E-state index in [4.69, 9.17) is 0 Å². The third-order valence-corrected chi connectivity index (χ3v) is 3.51. The fourth-order valence-electron chi connectivity index (χ4n) is 2.44. The highest BCUT2D eigenvalue weighted by atomic mass is 19.4. The number of rotatable bonds is 5. The average molecular weight is 301 g/mol. The third-order valence-electron chi connectivity index (χ3n) is 3.51. The predicted octanol–water partition coefficient (Wildman–Crippen LogP) is 3.32. The van der Waals surface area contributed by atoms with Gasteiger partial charge in [0.15, 0.2) is 0 Å². The van der Waals surface area contributed by atoms with Gasteiger partial charge in [-0.15, -0.1) is 13.2 Å². The molecule has 6 heteroatoms. The standard InChI is InChI=1S/C15H20F3N2O/c1-2-3-7-19-8-10-20(11-9-19)13-5-4-6-14(12-13)21-15(16,17)18/h4-6,12H,1-3,7-11H2. The smallest absolute Gasteiger partial charge is 0.406 e. The number of hydrogen-bond donors (Lipinski definition) is 0. The summed E-state index contributed by atoms with van der Waals surface area (Å²) in [6.07, 6.45) is -2.64. The Morgan fingerprint density at radius 2 is 1.86 bits per heavy atom. The Bertz CT molecular complexity index is 443. The Hall–Kier alpha value is -1.43. The number of alkyl halides is 3. The van der Waals surface area contributed by atoms with Crippen LogP contribution in [0, 0.1) is 6.92 Å². The maximum atomic E-state index is 12.2. The molecule has 1 aliphatic heterocycles. The van der Waals surface area contributed by atoms with E-state index in [1.807, 2.05) is 6.07 Å². The summed E-state index contributed by atoms with van der Waals surface area (Å²) in [6, 6.07) is 6.17. The van der Waals surface area contributed by atoms with Crippen molar-refractivity contribution in [2.45, 2.75) is 19.2 Å². The minimum atomic E-state index is -4.65. The second-order valence-corrected chi connectivity index (χ2v) is 5.08. The summed E-state index contributed by atoms with van der Waals surface area (Å²) in [5.41, 5.74) is 0.772. The van der Waals surface area contributed by atoms with Gasteiger partial charge in [-0.3, -0.25) is 4.90 Å². The monoisotopic (exact) mass is 301 g/mol. The highest BCUT2D eigenvalue weighted by Gasteiger charge is 2.31. The van der Waals surface area contributed by atoms with Crippen molar-refractivity contribution < 1.29 is 17.9 Å². The van der Waals surface area contributed by atoms with Crippen molar-refractivity contribution in [3.05, 3.63) is 31.2 Å². The van der Waals surface area contributed by atoms with Crippen LogP contribution in [0.1, 0.15) is 12.8 Å². The van der Waals surface area contributed by atoms with Crippen LogP contribution in [-0.4, -0.2) is 44.0 Å². The van der Waals surface area contributed by atoms with Crippen LogP contribution in [0.3, 0.4) is 0 Å². The molecule has 0 unspecified atom stereocenters. The zero-order valence-electron chi connectivity index (χ0n) is 11.9. The van der Waals surface area contributed by atoms with Gasteiger partial charge < -0.3 is 9.64 Å². The summed E-state index contributed by atoms with van der Waals surface area (Å²) < 4.78 is 40.7. The number of halogens is 3. The van der Waals surface area contributed by atoms with E-state index in [1.54, 1.807) is 6.07 Å². The number of anilines is 1. The molecular formula is C15H20F3N2O. The largest absolute Gasteiger partial charge is 0.573 e. The molecule has 1 radical (unpaired) electrons. The average Bonchev–Trinajstić information content (AvgIpc) is 2.44. The molecule has 0 saturated carbocycles. The van der Waals surface area contributed by atoms with Crippen LogP contribution in [0.25, 0.3) is 0 Å². The van der Waals surface area contributed by atoms with Gasteiger partial charge in [-0.25, -0.2) is 0 Å². The van der Waals surface area contributed by atoms with Crippen molar-refractivity contribution in [2.24, 2.45) is 0 Å². The van der Waals surface area contributed by atoms with Crippen LogP contribution in [-0.2, 0) is 0 Å². The van der Waals surface area contributed by atoms with Gasteiger partial charge in [-0.1, -0.05) is 19.4 Å². The molecule has 1 heterocycles. The molecule has 21 heavy (non-hydrogen) atoms. The minimum absolute atomic E-state index is 0.167. The van der Waals surface area contributed by atoms with Crippen molar-refractivity contribution >= 4 is 5.69 Å². The van der Waals surface area contributed by atoms with E-state index in [0.29, 0.717) is 0 Å². The molecule has 3 nitrogen and oxygen atoms in total. The highest BCUT2D eigenvalue weighted by molar-refractivity contribution is 5.51. The molecule has 1 aromatic carbocycles. The Morgan fingerprint density at radius 3 is 2.48 bits per heavy atom. The second-order valence-electron chi connectivity index (χ2n) is 5.08. The van der Waals surface area contributed by atoms with Gasteiger partial charge >= 0.3 is 6.36 Å². The first-order valence-electron chi connectivity index (χ1n) is 7.10. The first-order chi connectivity index (χ1) is 9.98. The number of hydrogen-bond acceptors (Lipinski definition) is 3. The van der Waals surface area contributed by atoms with Gasteiger partial charge in [-0.05, 0) is 25.1 Å². The van der Waals surface area contributed by atoms with Crippen LogP contribution >= 0.6 is 0 Å². The van der Waals surface area contributed by atoms with Gasteiger partial charge in [0.25, 0.3) is 0 Å². The van der Waals surface area contributed by atoms with Crippen molar-refractivity contribution in [3.63, 3.8) is 0 Å². The van der Waals surface area contributed by atoms with Crippen LogP contribution in [0.2, 0.25) is 0 Å². The first-order valence-corrected chi connectivity index (χ1v) is 7.10. The normalized spacial score (nSPS) is 17.0. The number of unbranched alkanes of at least 4 members (excludes halogenated alkanes) is 1. The molecule has 0 spiro atoms. The molecule has 1 fully saturated rings. The van der Waals surface area contributed by atoms with Crippen molar-refractivity contribution in [3.8, 4) is 5.75 Å². The molecule has 0 N–H and O–H groups in total. The van der Waals surface area contributed by atoms with Gasteiger partial charge in [0.05, 0.1) is 0 Å². The molecule has 1 aromatic rings. The molecule has 2 rings (SSSR count). The summed E-state index contributed by atoms with van der Waals surface area (Å²) >= 11 is 0. The number of nitrogens with zero attached hydrogens (tertiary/aromatic N) is 2. The number of ether oxygens (including phenoxy) is 1. The lowest BCUT2D eigenvalue weighted by molar-refractivity contribution is -0.274. The lowest BCUT2D eigenvalue weighted by Gasteiger charge is -2.36. The molecule has 0 atom stereocenters. The van der Waals surface area contributed by atoms with Crippen molar-refractivity contribution in [1.82, 2.24) is 4.90 Å². The van der Waals surface area contributed by atoms with Crippen LogP contribution in [0.5, 0.6) is 5.75 Å². The Labute approximate surface area is 123 Å². The van der Waals surface area contributed by atoms with E-state index in [1.165, 1.54) is 12.1 Å². The summed E-state index contributed by atoms with van der Waals surface area (Å²) in [7, 11) is 0. The quantitative estimate of drug-likeness (QED) is 0.830. The summed E-state index contributed by atoms with van der Waals surface area (Å²) in [4.78, 5) is 4.45. The summed E-state index contributed by atoms with van der Waals surface area (Å²) in [6.45, 7) is 8.33. The van der Waals surface area contributed by atoms with E-state index in [0.717, 1.165) is 51.3 Å². The molecule has 1 aliphatic rings. The number of piperazine rings is 1. The van der Waals surface area contributed by atoms with E-state index in [-0.39, 0.29) is 5.75 Å². The second kappa shape index (κ2) is 7.02. The van der Waals surface area contributed by atoms with Crippen LogP contribution in [0.4, 0.5) is 18.9 Å². The summed E-state index contributed by atoms with van der Waals surface area (Å²) in [5.74, 6) is -0.167. The maximum Gasteiger partial charge on any atom is 0.573 e. The van der Waals surface area contributed by atoms with E-state index in [9.17, 15) is 13.2 Å². The minimum Gasteiger partial charge on any atom is -0.406 e. The highest BCUT2D eigenvalue weighted by Crippen LogP contribution is 2.27. The predicted molar refractivity (Wildman–Crippen MR) is 76.4 cm³/mol. The van der Waals surface area contributed by atoms with Gasteiger partial charge in [-0.2, -0.15) is 0 Å². The van der Waals surface area contributed by atoms with Crippen molar-refractivity contribution in [2.75, 3.05) is 37.6 Å². The third kappa shape index (κ3) is 5.12. The van der Waals surface area contributed by atoms with E-state index < -0.39 is 6.36 Å². The fraction of sp³-hybridized carbons (Fsp3) is 0.533. The summed E-state index contributed by atoms with van der Waals surface area (Å²) in [5, 5.41) is 0. The Balaban J connectivity index is 1.92. The fourth-order valence-corrected chi connectivity index (χ4v) is 2.44. The molecule has 117 valence electrons. The first kappa shape index (κ1) is 15.9. The molecular weight excluding hydrogens is 281 g/mol. The Kier molecular flexibility index (Phi) is 5.33. The molecule has 0 aromatic heterocycles. The zero-order valence-corrected chi connectivity index (χ0v) is 11.9. The topological polar surface area (TPSA) is 15.7 Å². The van der Waals surface area contributed by atoms with Crippen LogP contribution < -0.4 is 9.64 Å². The van der Waals surface area contributed by atoms with Crippen LogP contribution in [0.15, 0.2) is 24.3 Å². The number of benzene rings is 1. The van der Waals surface area contributed by atoms with Crippen molar-refractivity contribution in [1.29, 1.82) is 0 Å². The SMILES string of the molecule is [CH2]CCCN1CCN(c2cccc(OC(F)(F)F)c2)CC1. The lowest BCUT2D eigenvalue weighted by Crippen LogP contribution is -2.46. The maximum absolute atomic E-state index is 12.2. The van der Waals surface area contributed by atoms with Gasteiger partial charge in [0.2, 0.25) is 0 Å². The van der Waals surface area contributed by atoms with E-state index in [2.05, 4.69) is 21.5 Å². The zero-order chi connectivity index (χ0) is 15.3. The molecule has 0 aliphatic carbocycles.